The maximum Gasteiger partial charge on any atom is 0.409 e. The van der Waals surface area contributed by atoms with Gasteiger partial charge in [0.25, 0.3) is 0 Å². The Labute approximate surface area is 211 Å². The third kappa shape index (κ3) is 4.89. The third-order valence-electron chi connectivity index (χ3n) is 6.12. The lowest BCUT2D eigenvalue weighted by atomic mass is 9.81. The van der Waals surface area contributed by atoms with E-state index in [1.54, 1.807) is 35.9 Å². The monoisotopic (exact) mass is 523 g/mol. The van der Waals surface area contributed by atoms with Gasteiger partial charge < -0.3 is 19.3 Å². The zero-order valence-electron chi connectivity index (χ0n) is 19.2. The Hall–Kier alpha value is -2.30. The number of methoxy groups -OCH3 is 1. The van der Waals surface area contributed by atoms with Crippen molar-refractivity contribution >= 4 is 58.4 Å². The van der Waals surface area contributed by atoms with Crippen LogP contribution in [0.25, 0.3) is 0 Å². The lowest BCUT2D eigenvalue weighted by Crippen LogP contribution is -2.40. The maximum absolute atomic E-state index is 13.4. The van der Waals surface area contributed by atoms with E-state index < -0.39 is 0 Å². The fourth-order valence-corrected chi connectivity index (χ4v) is 6.86. The molecule has 11 heteroatoms. The molecule has 1 fully saturated rings. The van der Waals surface area contributed by atoms with Crippen molar-refractivity contribution in [2.45, 2.75) is 41.6 Å². The van der Waals surface area contributed by atoms with Crippen LogP contribution in [0.15, 0.2) is 28.6 Å². The predicted octanol–water partition coefficient (Wildman–Crippen LogP) is 4.14. The van der Waals surface area contributed by atoms with E-state index in [1.807, 2.05) is 12.1 Å². The van der Waals surface area contributed by atoms with E-state index in [9.17, 15) is 14.4 Å². The van der Waals surface area contributed by atoms with Crippen LogP contribution < -0.4 is 4.90 Å². The summed E-state index contributed by atoms with van der Waals surface area (Å²) in [7, 11) is 1.37. The molecule has 2 aliphatic rings. The van der Waals surface area contributed by atoms with Gasteiger partial charge in [0.05, 0.1) is 30.5 Å². The molecule has 1 aromatic carbocycles. The molecule has 0 bridgehead atoms. The molecule has 0 aliphatic carbocycles. The lowest BCUT2D eigenvalue weighted by molar-refractivity contribution is -0.142. The quantitative estimate of drug-likeness (QED) is 0.415. The van der Waals surface area contributed by atoms with Gasteiger partial charge in [-0.05, 0) is 44.0 Å². The van der Waals surface area contributed by atoms with Crippen molar-refractivity contribution in [3.8, 4) is 0 Å². The van der Waals surface area contributed by atoms with E-state index in [0.29, 0.717) is 36.3 Å². The molecule has 34 heavy (non-hydrogen) atoms. The van der Waals surface area contributed by atoms with Crippen LogP contribution in [0.2, 0.25) is 5.02 Å². The van der Waals surface area contributed by atoms with E-state index in [0.717, 1.165) is 21.9 Å². The summed E-state index contributed by atoms with van der Waals surface area (Å²) >= 11 is 9.08. The van der Waals surface area contributed by atoms with Crippen molar-refractivity contribution in [1.82, 2.24) is 9.88 Å². The Balaban J connectivity index is 1.49. The summed E-state index contributed by atoms with van der Waals surface area (Å²) < 4.78 is 10.8. The molecule has 2 aromatic rings. The first-order valence-corrected chi connectivity index (χ1v) is 13.0. The third-order valence-corrected chi connectivity index (χ3v) is 8.56. The van der Waals surface area contributed by atoms with E-state index in [-0.39, 0.29) is 35.1 Å². The Bertz CT molecular complexity index is 1110. The number of amides is 2. The van der Waals surface area contributed by atoms with Gasteiger partial charge in [-0.2, -0.15) is 0 Å². The molecule has 8 nitrogen and oxygen atoms in total. The number of thiazole rings is 1. The minimum Gasteiger partial charge on any atom is -0.465 e. The molecule has 182 valence electrons. The van der Waals surface area contributed by atoms with Crippen LogP contribution in [0.5, 0.6) is 0 Å². The van der Waals surface area contributed by atoms with Crippen molar-refractivity contribution in [1.29, 1.82) is 0 Å². The molecule has 2 amide bonds. The summed E-state index contributed by atoms with van der Waals surface area (Å²) in [5.41, 5.74) is 1.44. The Morgan fingerprint density at radius 3 is 2.85 bits per heavy atom. The zero-order valence-corrected chi connectivity index (χ0v) is 21.6. The zero-order chi connectivity index (χ0) is 24.5. The number of anilines is 1. The number of nitrogens with zero attached hydrogens (tertiary/aromatic N) is 3. The molecular formula is C23H26ClN3O5S2. The van der Waals surface area contributed by atoms with E-state index in [1.165, 1.54) is 30.2 Å². The molecule has 1 aromatic heterocycles. The molecule has 0 saturated carbocycles. The molecular weight excluding hydrogens is 498 g/mol. The molecule has 4 rings (SSSR count). The number of thioether (sulfide) groups is 1. The van der Waals surface area contributed by atoms with Gasteiger partial charge in [0, 0.05) is 35.8 Å². The second-order valence-electron chi connectivity index (χ2n) is 8.33. The number of esters is 1. The highest BCUT2D eigenvalue weighted by Crippen LogP contribution is 2.47. The van der Waals surface area contributed by atoms with Crippen LogP contribution in [-0.2, 0) is 30.9 Å². The largest absolute Gasteiger partial charge is 0.465 e. The average molecular weight is 524 g/mol. The molecule has 1 spiro atoms. The number of carbonyl (C=O) groups is 3. The fraction of sp³-hybridized carbons (Fsp3) is 0.478. The Morgan fingerprint density at radius 1 is 1.32 bits per heavy atom. The highest BCUT2D eigenvalue weighted by Gasteiger charge is 2.50. The van der Waals surface area contributed by atoms with Crippen molar-refractivity contribution < 1.29 is 23.9 Å². The van der Waals surface area contributed by atoms with Crippen molar-refractivity contribution in [3.05, 3.63) is 40.0 Å². The van der Waals surface area contributed by atoms with E-state index >= 15 is 0 Å². The molecule has 0 N–H and O–H groups in total. The van der Waals surface area contributed by atoms with Gasteiger partial charge >= 0.3 is 12.1 Å². The minimum absolute atomic E-state index is 0.0682. The molecule has 3 heterocycles. The number of hydrogen-bond donors (Lipinski definition) is 0. The number of rotatable bonds is 6. The van der Waals surface area contributed by atoms with Gasteiger partial charge in [-0.1, -0.05) is 23.4 Å². The number of ether oxygens (including phenoxy) is 2. The second kappa shape index (κ2) is 10.1. The second-order valence-corrected chi connectivity index (χ2v) is 11.5. The number of benzene rings is 1. The number of aromatic nitrogens is 1. The first-order valence-electron chi connectivity index (χ1n) is 11.0. The number of carbonyl (C=O) groups excluding carboxylic acids is 3. The molecule has 1 saturated heterocycles. The standard InChI is InChI=1S/C23H26ClN3O5S2/c1-4-32-21(29)14(2)33-20-11-25-18(34-20)10-19(28)27-13-23(7-8-26(12-23)22(30)31-3)16-9-15(24)5-6-17(16)27/h5-6,9,11,14H,4,7-8,10,12-13H2,1-3H3. The SMILES string of the molecule is CCOC(=O)C(C)Sc1cnc(CC(=O)N2CC3(CCN(C(=O)OC)C3)c3cc(Cl)ccc32)s1. The summed E-state index contributed by atoms with van der Waals surface area (Å²) in [5.74, 6) is -0.338. The van der Waals surface area contributed by atoms with Gasteiger partial charge in [0.15, 0.2) is 0 Å². The summed E-state index contributed by atoms with van der Waals surface area (Å²) in [6, 6.07) is 5.55. The summed E-state index contributed by atoms with van der Waals surface area (Å²) in [6.07, 6.45) is 2.20. The highest BCUT2D eigenvalue weighted by atomic mass is 35.5. The Morgan fingerprint density at radius 2 is 2.12 bits per heavy atom. The van der Waals surface area contributed by atoms with Crippen LogP contribution >= 0.6 is 34.7 Å². The molecule has 0 radical (unpaired) electrons. The van der Waals surface area contributed by atoms with Crippen molar-refractivity contribution in [3.63, 3.8) is 0 Å². The van der Waals surface area contributed by atoms with Gasteiger partial charge in [-0.3, -0.25) is 9.59 Å². The lowest BCUT2D eigenvalue weighted by Gasteiger charge is -2.25. The van der Waals surface area contributed by atoms with Gasteiger partial charge in [0.1, 0.15) is 10.3 Å². The normalized spacial score (nSPS) is 19.9. The summed E-state index contributed by atoms with van der Waals surface area (Å²) in [4.78, 5) is 45.2. The number of halogens is 1. The van der Waals surface area contributed by atoms with Crippen LogP contribution in [0.3, 0.4) is 0 Å². The molecule has 2 unspecified atom stereocenters. The Kier molecular flexibility index (Phi) is 7.39. The molecule has 2 aliphatic heterocycles. The van der Waals surface area contributed by atoms with E-state index in [4.69, 9.17) is 21.1 Å². The topological polar surface area (TPSA) is 89.0 Å². The van der Waals surface area contributed by atoms with Gasteiger partial charge in [-0.15, -0.1) is 11.3 Å². The summed E-state index contributed by atoms with van der Waals surface area (Å²) in [6.45, 7) is 5.42. The smallest absolute Gasteiger partial charge is 0.409 e. The first-order chi connectivity index (χ1) is 16.3. The fourth-order valence-electron chi connectivity index (χ4n) is 4.51. The van der Waals surface area contributed by atoms with Crippen molar-refractivity contribution in [2.24, 2.45) is 0 Å². The maximum atomic E-state index is 13.4. The summed E-state index contributed by atoms with van der Waals surface area (Å²) in [5, 5.41) is 0.933. The van der Waals surface area contributed by atoms with Crippen molar-refractivity contribution in [2.75, 3.05) is 38.3 Å². The van der Waals surface area contributed by atoms with Gasteiger partial charge in [-0.25, -0.2) is 9.78 Å². The van der Waals surface area contributed by atoms with E-state index in [2.05, 4.69) is 4.98 Å². The number of hydrogen-bond acceptors (Lipinski definition) is 8. The van der Waals surface area contributed by atoms with Crippen LogP contribution in [-0.4, -0.2) is 66.5 Å². The van der Waals surface area contributed by atoms with Crippen LogP contribution in [0, 0.1) is 0 Å². The van der Waals surface area contributed by atoms with Crippen LogP contribution in [0.1, 0.15) is 30.8 Å². The first kappa shape index (κ1) is 24.8. The molecule has 2 atom stereocenters. The number of likely N-dealkylation sites (tertiary alicyclic amines) is 1. The van der Waals surface area contributed by atoms with Gasteiger partial charge in [0.2, 0.25) is 5.91 Å². The number of fused-ring (bicyclic) bond motifs is 2. The van der Waals surface area contributed by atoms with Crippen LogP contribution in [0.4, 0.5) is 10.5 Å². The predicted molar refractivity (Wildman–Crippen MR) is 132 cm³/mol. The minimum atomic E-state index is -0.372. The average Bonchev–Trinajstić information content (AvgIpc) is 3.52. The highest BCUT2D eigenvalue weighted by molar-refractivity contribution is 8.02.